The van der Waals surface area contributed by atoms with Crippen LogP contribution < -0.4 is 0 Å². The first-order valence-corrected chi connectivity index (χ1v) is 8.76. The molecular formula is C16H24N2O3S. The van der Waals surface area contributed by atoms with Gasteiger partial charge in [0.05, 0.1) is 31.2 Å². The van der Waals surface area contributed by atoms with Crippen LogP contribution in [0.5, 0.6) is 0 Å². The normalized spacial score (nSPS) is 27.3. The first-order valence-electron chi connectivity index (χ1n) is 7.88. The number of carbonyl (C=O) groups is 1. The lowest BCUT2D eigenvalue weighted by molar-refractivity contribution is -0.134. The maximum absolute atomic E-state index is 12.6. The molecule has 2 fully saturated rings. The van der Waals surface area contributed by atoms with Gasteiger partial charge in [-0.25, -0.2) is 0 Å². The van der Waals surface area contributed by atoms with Gasteiger partial charge in [0.2, 0.25) is 0 Å². The molecule has 3 heterocycles. The van der Waals surface area contributed by atoms with Gasteiger partial charge in [-0.3, -0.25) is 9.69 Å². The quantitative estimate of drug-likeness (QED) is 0.830. The molecule has 22 heavy (non-hydrogen) atoms. The molecule has 0 saturated carbocycles. The third-order valence-corrected chi connectivity index (χ3v) is 5.23. The van der Waals surface area contributed by atoms with Crippen LogP contribution in [0.3, 0.4) is 0 Å². The van der Waals surface area contributed by atoms with Crippen LogP contribution in [0, 0.1) is 0 Å². The molecule has 0 radical (unpaired) electrons. The van der Waals surface area contributed by atoms with Crippen molar-refractivity contribution in [1.82, 2.24) is 9.80 Å². The number of morpholine rings is 1. The topological polar surface area (TPSA) is 42.0 Å². The van der Waals surface area contributed by atoms with E-state index >= 15 is 0 Å². The summed E-state index contributed by atoms with van der Waals surface area (Å²) < 4.78 is 11.9. The van der Waals surface area contributed by atoms with Gasteiger partial charge in [0, 0.05) is 25.7 Å². The van der Waals surface area contributed by atoms with Crippen LogP contribution in [0.2, 0.25) is 0 Å². The fraction of sp³-hybridized carbons (Fsp3) is 0.688. The van der Waals surface area contributed by atoms with Crippen LogP contribution in [-0.2, 0) is 9.47 Å². The van der Waals surface area contributed by atoms with Crippen molar-refractivity contribution in [3.63, 3.8) is 0 Å². The van der Waals surface area contributed by atoms with Crippen molar-refractivity contribution < 1.29 is 14.3 Å². The van der Waals surface area contributed by atoms with E-state index in [9.17, 15) is 4.79 Å². The molecule has 1 spiro atoms. The zero-order chi connectivity index (χ0) is 15.6. The van der Waals surface area contributed by atoms with E-state index in [4.69, 9.17) is 9.47 Å². The van der Waals surface area contributed by atoms with E-state index in [0.717, 1.165) is 24.6 Å². The Bertz CT molecular complexity index is 505. The number of ether oxygens (including phenoxy) is 2. The first-order chi connectivity index (χ1) is 10.6. The van der Waals surface area contributed by atoms with Crippen LogP contribution in [0.1, 0.15) is 23.5 Å². The van der Waals surface area contributed by atoms with E-state index in [1.54, 1.807) is 0 Å². The van der Waals surface area contributed by atoms with E-state index in [-0.39, 0.29) is 5.91 Å². The number of hydrogen-bond donors (Lipinski definition) is 0. The molecule has 0 aromatic carbocycles. The SMILES string of the molecule is CC(C)N1CCOCC2(CN(C(=O)c3cccs3)CCO2)C1. The van der Waals surface area contributed by atoms with Gasteiger partial charge < -0.3 is 14.4 Å². The number of hydrogen-bond acceptors (Lipinski definition) is 5. The van der Waals surface area contributed by atoms with Crippen LogP contribution in [0.25, 0.3) is 0 Å². The van der Waals surface area contributed by atoms with Crippen LogP contribution in [0.15, 0.2) is 17.5 Å². The second-order valence-electron chi connectivity index (χ2n) is 6.35. The highest BCUT2D eigenvalue weighted by atomic mass is 32.1. The Kier molecular flexibility index (Phi) is 4.82. The summed E-state index contributed by atoms with van der Waals surface area (Å²) in [6.45, 7) is 9.24. The Hall–Kier alpha value is -0.950. The average Bonchev–Trinajstić information content (AvgIpc) is 2.97. The van der Waals surface area contributed by atoms with Crippen molar-refractivity contribution in [1.29, 1.82) is 0 Å². The molecule has 0 N–H and O–H groups in total. The highest BCUT2D eigenvalue weighted by molar-refractivity contribution is 7.12. The predicted molar refractivity (Wildman–Crippen MR) is 86.4 cm³/mol. The molecule has 2 aliphatic heterocycles. The molecule has 0 bridgehead atoms. The van der Waals surface area contributed by atoms with Crippen molar-refractivity contribution in [2.45, 2.75) is 25.5 Å². The minimum absolute atomic E-state index is 0.109. The number of rotatable bonds is 2. The fourth-order valence-electron chi connectivity index (χ4n) is 3.13. The Labute approximate surface area is 135 Å². The summed E-state index contributed by atoms with van der Waals surface area (Å²) in [7, 11) is 0. The van der Waals surface area contributed by atoms with E-state index in [1.165, 1.54) is 11.3 Å². The lowest BCUT2D eigenvalue weighted by atomic mass is 10.0. The minimum atomic E-state index is -0.397. The molecule has 122 valence electrons. The minimum Gasteiger partial charge on any atom is -0.377 e. The molecule has 2 aliphatic rings. The number of amides is 1. The molecule has 1 atom stereocenters. The molecule has 1 amide bonds. The molecule has 6 heteroatoms. The molecule has 1 aromatic heterocycles. The Morgan fingerprint density at radius 3 is 2.91 bits per heavy atom. The van der Waals surface area contributed by atoms with Gasteiger partial charge in [0.15, 0.2) is 0 Å². The monoisotopic (exact) mass is 324 g/mol. The lowest BCUT2D eigenvalue weighted by Crippen LogP contribution is -2.60. The standard InChI is InChI=1S/C16H24N2O3S/c1-13(2)17-5-7-20-12-16(10-17)11-18(6-8-21-16)15(19)14-4-3-9-22-14/h3-4,9,13H,5-8,10-12H2,1-2H3. The van der Waals surface area contributed by atoms with Gasteiger partial charge in [-0.05, 0) is 25.3 Å². The van der Waals surface area contributed by atoms with E-state index in [2.05, 4.69) is 18.7 Å². The fourth-order valence-corrected chi connectivity index (χ4v) is 3.82. The maximum atomic E-state index is 12.6. The Morgan fingerprint density at radius 2 is 2.18 bits per heavy atom. The van der Waals surface area contributed by atoms with E-state index < -0.39 is 5.60 Å². The highest BCUT2D eigenvalue weighted by Gasteiger charge is 2.42. The number of nitrogens with zero attached hydrogens (tertiary/aromatic N) is 2. The van der Waals surface area contributed by atoms with Gasteiger partial charge in [0.1, 0.15) is 5.60 Å². The second kappa shape index (κ2) is 6.66. The van der Waals surface area contributed by atoms with Crippen LogP contribution in [-0.4, -0.2) is 73.3 Å². The van der Waals surface area contributed by atoms with Crippen molar-refractivity contribution >= 4 is 17.2 Å². The van der Waals surface area contributed by atoms with Gasteiger partial charge in [0.25, 0.3) is 5.91 Å². The zero-order valence-electron chi connectivity index (χ0n) is 13.3. The molecule has 5 nitrogen and oxygen atoms in total. The summed E-state index contributed by atoms with van der Waals surface area (Å²) in [4.78, 5) is 17.7. The molecule has 1 unspecified atom stereocenters. The number of carbonyl (C=O) groups excluding carboxylic acids is 1. The van der Waals surface area contributed by atoms with Crippen molar-refractivity contribution in [2.75, 3.05) is 46.0 Å². The summed E-state index contributed by atoms with van der Waals surface area (Å²) in [5.74, 6) is 0.109. The van der Waals surface area contributed by atoms with Gasteiger partial charge >= 0.3 is 0 Å². The van der Waals surface area contributed by atoms with E-state index in [0.29, 0.717) is 32.3 Å². The molecular weight excluding hydrogens is 300 g/mol. The Balaban J connectivity index is 1.74. The van der Waals surface area contributed by atoms with Crippen molar-refractivity contribution in [3.8, 4) is 0 Å². The van der Waals surface area contributed by atoms with Gasteiger partial charge in [-0.15, -0.1) is 11.3 Å². The predicted octanol–water partition coefficient (Wildman–Crippen LogP) is 1.70. The van der Waals surface area contributed by atoms with Crippen LogP contribution in [0.4, 0.5) is 0 Å². The summed E-state index contributed by atoms with van der Waals surface area (Å²) in [6.07, 6.45) is 0. The third-order valence-electron chi connectivity index (χ3n) is 4.38. The maximum Gasteiger partial charge on any atom is 0.264 e. The Morgan fingerprint density at radius 1 is 1.32 bits per heavy atom. The third kappa shape index (κ3) is 3.35. The molecule has 3 rings (SSSR count). The first kappa shape index (κ1) is 15.9. The van der Waals surface area contributed by atoms with Gasteiger partial charge in [-0.2, -0.15) is 0 Å². The summed E-state index contributed by atoms with van der Waals surface area (Å²) >= 11 is 1.50. The molecule has 1 aromatic rings. The highest BCUT2D eigenvalue weighted by Crippen LogP contribution is 2.25. The lowest BCUT2D eigenvalue weighted by Gasteiger charge is -2.44. The zero-order valence-corrected chi connectivity index (χ0v) is 14.1. The smallest absolute Gasteiger partial charge is 0.264 e. The average molecular weight is 324 g/mol. The summed E-state index contributed by atoms with van der Waals surface area (Å²) in [5.41, 5.74) is -0.397. The van der Waals surface area contributed by atoms with Crippen molar-refractivity contribution in [3.05, 3.63) is 22.4 Å². The second-order valence-corrected chi connectivity index (χ2v) is 7.30. The van der Waals surface area contributed by atoms with E-state index in [1.807, 2.05) is 22.4 Å². The molecule has 0 aliphatic carbocycles. The summed E-state index contributed by atoms with van der Waals surface area (Å²) in [6, 6.07) is 4.26. The van der Waals surface area contributed by atoms with Gasteiger partial charge in [-0.1, -0.05) is 6.07 Å². The number of thiophene rings is 1. The molecule has 2 saturated heterocycles. The summed E-state index contributed by atoms with van der Waals surface area (Å²) in [5, 5.41) is 1.94. The van der Waals surface area contributed by atoms with Crippen molar-refractivity contribution in [2.24, 2.45) is 0 Å². The van der Waals surface area contributed by atoms with Crippen LogP contribution >= 0.6 is 11.3 Å². The largest absolute Gasteiger partial charge is 0.377 e.